The summed E-state index contributed by atoms with van der Waals surface area (Å²) in [5.74, 6) is 0.198. The normalized spacial score (nSPS) is 10.9. The average Bonchev–Trinajstić information content (AvgIpc) is 2.39. The molecule has 0 atom stereocenters. The van der Waals surface area contributed by atoms with Gasteiger partial charge in [0.2, 0.25) is 0 Å². The van der Waals surface area contributed by atoms with Crippen LogP contribution in [0, 0.1) is 5.82 Å². The van der Waals surface area contributed by atoms with Gasteiger partial charge in [-0.3, -0.25) is 0 Å². The first-order valence-corrected chi connectivity index (χ1v) is 6.48. The van der Waals surface area contributed by atoms with Crippen molar-refractivity contribution in [2.24, 2.45) is 0 Å². The van der Waals surface area contributed by atoms with E-state index in [1.165, 1.54) is 12.1 Å². The molecule has 0 spiro atoms. The molecule has 1 aromatic heterocycles. The van der Waals surface area contributed by atoms with Crippen LogP contribution in [0.15, 0.2) is 36.4 Å². The smallest absolute Gasteiger partial charge is 0.163 e. The van der Waals surface area contributed by atoms with E-state index in [9.17, 15) is 4.39 Å². The summed E-state index contributed by atoms with van der Waals surface area (Å²) in [6.07, 6.45) is 0. The Labute approximate surface area is 124 Å². The molecule has 0 amide bonds. The van der Waals surface area contributed by atoms with Crippen LogP contribution >= 0.6 is 23.2 Å². The fraction of sp³-hybridized carbons (Fsp3) is 0. The Hall–Kier alpha value is -1.91. The predicted octanol–water partition coefficient (Wildman–Crippen LogP) is 4.32. The minimum absolute atomic E-state index is 0.204. The summed E-state index contributed by atoms with van der Waals surface area (Å²) in [6.45, 7) is 0. The Bertz CT molecular complexity index is 821. The lowest BCUT2D eigenvalue weighted by Crippen LogP contribution is -1.98. The molecule has 0 unspecified atom stereocenters. The van der Waals surface area contributed by atoms with Crippen molar-refractivity contribution in [1.29, 1.82) is 0 Å². The van der Waals surface area contributed by atoms with Crippen LogP contribution < -0.4 is 5.73 Å². The van der Waals surface area contributed by atoms with Crippen LogP contribution in [0.25, 0.3) is 22.3 Å². The van der Waals surface area contributed by atoms with Gasteiger partial charge in [0.1, 0.15) is 11.6 Å². The number of nitrogens with zero attached hydrogens (tertiary/aromatic N) is 2. The van der Waals surface area contributed by atoms with E-state index < -0.39 is 0 Å². The molecular weight excluding hydrogens is 300 g/mol. The van der Waals surface area contributed by atoms with Gasteiger partial charge in [0.05, 0.1) is 10.5 Å². The standard InChI is InChI=1S/C14H8Cl2FN3/c15-7-1-3-9(11(16)5-7)14-19-12-4-2-8(17)6-10(12)13(18)20-14/h1-6H,(H2,18,19,20). The zero-order valence-electron chi connectivity index (χ0n) is 10.1. The number of halogens is 3. The highest BCUT2D eigenvalue weighted by molar-refractivity contribution is 6.36. The zero-order valence-corrected chi connectivity index (χ0v) is 11.6. The first kappa shape index (κ1) is 13.1. The molecule has 0 aliphatic carbocycles. The van der Waals surface area contributed by atoms with Crippen LogP contribution in [0.2, 0.25) is 10.0 Å². The van der Waals surface area contributed by atoms with E-state index in [-0.39, 0.29) is 11.6 Å². The molecule has 0 radical (unpaired) electrons. The molecule has 0 saturated heterocycles. The van der Waals surface area contributed by atoms with E-state index >= 15 is 0 Å². The Morgan fingerprint density at radius 1 is 1.00 bits per heavy atom. The summed E-state index contributed by atoms with van der Waals surface area (Å²) in [5, 5.41) is 1.42. The quantitative estimate of drug-likeness (QED) is 0.728. The number of aromatic nitrogens is 2. The number of rotatable bonds is 1. The van der Waals surface area contributed by atoms with Crippen molar-refractivity contribution in [2.75, 3.05) is 5.73 Å². The van der Waals surface area contributed by atoms with Crippen LogP contribution in [0.5, 0.6) is 0 Å². The van der Waals surface area contributed by atoms with Crippen molar-refractivity contribution in [2.45, 2.75) is 0 Å². The molecule has 0 aliphatic heterocycles. The summed E-state index contributed by atoms with van der Waals surface area (Å²) < 4.78 is 13.2. The number of hydrogen-bond acceptors (Lipinski definition) is 3. The van der Waals surface area contributed by atoms with Crippen molar-refractivity contribution >= 4 is 39.9 Å². The van der Waals surface area contributed by atoms with Crippen LogP contribution in [-0.2, 0) is 0 Å². The van der Waals surface area contributed by atoms with E-state index in [1.54, 1.807) is 24.3 Å². The topological polar surface area (TPSA) is 51.8 Å². The molecule has 6 heteroatoms. The van der Waals surface area contributed by atoms with Gasteiger partial charge in [0.15, 0.2) is 5.82 Å². The maximum Gasteiger partial charge on any atom is 0.163 e. The van der Waals surface area contributed by atoms with Crippen molar-refractivity contribution in [3.05, 3.63) is 52.3 Å². The lowest BCUT2D eigenvalue weighted by Gasteiger charge is -2.07. The second kappa shape index (κ2) is 4.89. The molecule has 2 aromatic carbocycles. The first-order chi connectivity index (χ1) is 9.54. The van der Waals surface area contributed by atoms with Crippen LogP contribution in [-0.4, -0.2) is 9.97 Å². The van der Waals surface area contributed by atoms with Gasteiger partial charge in [-0.15, -0.1) is 0 Å². The van der Waals surface area contributed by atoms with Crippen LogP contribution in [0.1, 0.15) is 0 Å². The Kier molecular flexibility index (Phi) is 3.20. The molecule has 2 N–H and O–H groups in total. The highest BCUT2D eigenvalue weighted by Gasteiger charge is 2.11. The van der Waals surface area contributed by atoms with Crippen molar-refractivity contribution < 1.29 is 4.39 Å². The SMILES string of the molecule is Nc1nc(-c2ccc(Cl)cc2Cl)nc2ccc(F)cc12. The number of anilines is 1. The molecule has 20 heavy (non-hydrogen) atoms. The van der Waals surface area contributed by atoms with Gasteiger partial charge >= 0.3 is 0 Å². The maximum atomic E-state index is 13.2. The third-order valence-corrected chi connectivity index (χ3v) is 3.41. The van der Waals surface area contributed by atoms with Gasteiger partial charge in [0, 0.05) is 16.0 Å². The van der Waals surface area contributed by atoms with Crippen molar-refractivity contribution in [3.63, 3.8) is 0 Å². The molecule has 0 aliphatic rings. The second-order valence-electron chi connectivity index (χ2n) is 4.22. The largest absolute Gasteiger partial charge is 0.383 e. The number of hydrogen-bond donors (Lipinski definition) is 1. The average molecular weight is 308 g/mol. The van der Waals surface area contributed by atoms with Crippen molar-refractivity contribution in [3.8, 4) is 11.4 Å². The van der Waals surface area contributed by atoms with Crippen LogP contribution in [0.3, 0.4) is 0 Å². The highest BCUT2D eigenvalue weighted by atomic mass is 35.5. The first-order valence-electron chi connectivity index (χ1n) is 5.73. The van der Waals surface area contributed by atoms with E-state index in [0.717, 1.165) is 0 Å². The van der Waals surface area contributed by atoms with E-state index in [0.29, 0.717) is 32.3 Å². The summed E-state index contributed by atoms with van der Waals surface area (Å²) in [4.78, 5) is 8.53. The third kappa shape index (κ3) is 2.28. The van der Waals surface area contributed by atoms with Gasteiger partial charge in [-0.05, 0) is 36.4 Å². The molecule has 100 valence electrons. The van der Waals surface area contributed by atoms with Gasteiger partial charge in [-0.25, -0.2) is 14.4 Å². The minimum atomic E-state index is -0.384. The monoisotopic (exact) mass is 307 g/mol. The van der Waals surface area contributed by atoms with E-state index in [4.69, 9.17) is 28.9 Å². The minimum Gasteiger partial charge on any atom is -0.383 e. The highest BCUT2D eigenvalue weighted by Crippen LogP contribution is 2.30. The van der Waals surface area contributed by atoms with E-state index in [2.05, 4.69) is 9.97 Å². The molecule has 1 heterocycles. The molecular formula is C14H8Cl2FN3. The third-order valence-electron chi connectivity index (χ3n) is 2.86. The van der Waals surface area contributed by atoms with Crippen LogP contribution in [0.4, 0.5) is 10.2 Å². The Morgan fingerprint density at radius 2 is 1.80 bits per heavy atom. The zero-order chi connectivity index (χ0) is 14.3. The molecule has 0 bridgehead atoms. The number of nitrogens with two attached hydrogens (primary N) is 1. The fourth-order valence-electron chi connectivity index (χ4n) is 1.92. The van der Waals surface area contributed by atoms with Gasteiger partial charge in [-0.2, -0.15) is 0 Å². The van der Waals surface area contributed by atoms with Crippen molar-refractivity contribution in [1.82, 2.24) is 9.97 Å². The molecule has 3 nitrogen and oxygen atoms in total. The second-order valence-corrected chi connectivity index (χ2v) is 5.06. The van der Waals surface area contributed by atoms with Gasteiger partial charge in [0.25, 0.3) is 0 Å². The molecule has 3 rings (SSSR count). The summed E-state index contributed by atoms with van der Waals surface area (Å²) >= 11 is 12.0. The summed E-state index contributed by atoms with van der Waals surface area (Å²) in [5.41, 5.74) is 7.03. The van der Waals surface area contributed by atoms with Gasteiger partial charge in [-0.1, -0.05) is 23.2 Å². The summed E-state index contributed by atoms with van der Waals surface area (Å²) in [7, 11) is 0. The lowest BCUT2D eigenvalue weighted by molar-refractivity contribution is 0.629. The maximum absolute atomic E-state index is 13.2. The Balaban J connectivity index is 2.24. The van der Waals surface area contributed by atoms with E-state index in [1.807, 2.05) is 0 Å². The fourth-order valence-corrected chi connectivity index (χ4v) is 2.41. The molecule has 3 aromatic rings. The number of fused-ring (bicyclic) bond motifs is 1. The number of benzene rings is 2. The number of nitrogen functional groups attached to an aromatic ring is 1. The molecule has 0 saturated carbocycles. The molecule has 0 fully saturated rings. The lowest BCUT2D eigenvalue weighted by atomic mass is 10.2. The van der Waals surface area contributed by atoms with Gasteiger partial charge < -0.3 is 5.73 Å². The Morgan fingerprint density at radius 3 is 2.55 bits per heavy atom. The predicted molar refractivity (Wildman–Crippen MR) is 79.4 cm³/mol. The summed E-state index contributed by atoms with van der Waals surface area (Å²) in [6, 6.07) is 9.19.